The van der Waals surface area contributed by atoms with Crippen molar-refractivity contribution < 1.29 is 9.53 Å². The zero-order chi connectivity index (χ0) is 16.7. The molecule has 3 nitrogen and oxygen atoms in total. The van der Waals surface area contributed by atoms with Gasteiger partial charge < -0.3 is 10.1 Å². The van der Waals surface area contributed by atoms with Crippen LogP contribution in [0.3, 0.4) is 0 Å². The number of ether oxygens (including phenoxy) is 1. The van der Waals surface area contributed by atoms with Crippen molar-refractivity contribution in [1.29, 1.82) is 0 Å². The molecule has 0 saturated carbocycles. The van der Waals surface area contributed by atoms with Crippen LogP contribution in [-0.2, 0) is 0 Å². The van der Waals surface area contributed by atoms with Crippen LogP contribution in [0.4, 0.5) is 5.69 Å². The molecule has 0 spiro atoms. The quantitative estimate of drug-likeness (QED) is 0.641. The summed E-state index contributed by atoms with van der Waals surface area (Å²) in [6.45, 7) is 4.88. The topological polar surface area (TPSA) is 38.3 Å². The number of rotatable bonds is 7. The van der Waals surface area contributed by atoms with Crippen molar-refractivity contribution in [3.8, 4) is 5.75 Å². The third-order valence-corrected chi connectivity index (χ3v) is 4.44. The summed E-state index contributed by atoms with van der Waals surface area (Å²) in [7, 11) is 0. The number of aryl methyl sites for hydroxylation is 1. The van der Waals surface area contributed by atoms with Crippen LogP contribution in [0.15, 0.2) is 46.9 Å². The van der Waals surface area contributed by atoms with Crippen molar-refractivity contribution in [2.75, 3.05) is 11.9 Å². The second kappa shape index (κ2) is 8.73. The molecule has 2 rings (SSSR count). The number of carbonyl (C=O) groups excluding carboxylic acids is 1. The number of anilines is 1. The Morgan fingerprint density at radius 2 is 1.87 bits per heavy atom. The van der Waals surface area contributed by atoms with E-state index in [2.05, 4.69) is 28.2 Å². The van der Waals surface area contributed by atoms with Gasteiger partial charge in [0.2, 0.25) is 0 Å². The van der Waals surface area contributed by atoms with E-state index in [4.69, 9.17) is 4.74 Å². The molecule has 0 saturated heterocycles. The van der Waals surface area contributed by atoms with E-state index in [1.807, 2.05) is 37.3 Å². The molecule has 0 fully saturated rings. The van der Waals surface area contributed by atoms with Gasteiger partial charge in [0.15, 0.2) is 0 Å². The van der Waals surface area contributed by atoms with Gasteiger partial charge in [0.25, 0.3) is 5.91 Å². The summed E-state index contributed by atoms with van der Waals surface area (Å²) < 4.78 is 6.68. The summed E-state index contributed by atoms with van der Waals surface area (Å²) >= 11 is 3.45. The van der Waals surface area contributed by atoms with Gasteiger partial charge in [-0.1, -0.05) is 35.7 Å². The smallest absolute Gasteiger partial charge is 0.255 e. The van der Waals surface area contributed by atoms with Crippen LogP contribution < -0.4 is 10.1 Å². The number of halogens is 1. The van der Waals surface area contributed by atoms with Crippen LogP contribution in [0.1, 0.15) is 42.1 Å². The van der Waals surface area contributed by atoms with Gasteiger partial charge in [0.1, 0.15) is 5.75 Å². The van der Waals surface area contributed by atoms with Gasteiger partial charge in [0.05, 0.1) is 6.61 Å². The summed E-state index contributed by atoms with van der Waals surface area (Å²) in [5, 5.41) is 2.91. The Kier molecular flexibility index (Phi) is 6.66. The van der Waals surface area contributed by atoms with E-state index in [9.17, 15) is 4.79 Å². The number of carbonyl (C=O) groups is 1. The number of hydrogen-bond donors (Lipinski definition) is 1. The molecule has 2 aromatic rings. The minimum absolute atomic E-state index is 0.121. The van der Waals surface area contributed by atoms with E-state index in [-0.39, 0.29) is 5.91 Å². The molecule has 0 atom stereocenters. The van der Waals surface area contributed by atoms with E-state index in [1.54, 1.807) is 12.1 Å². The molecule has 0 aliphatic carbocycles. The predicted molar refractivity (Wildman–Crippen MR) is 98.3 cm³/mol. The zero-order valence-electron chi connectivity index (χ0n) is 13.6. The minimum Gasteiger partial charge on any atom is -0.494 e. The summed E-state index contributed by atoms with van der Waals surface area (Å²) in [5.41, 5.74) is 2.49. The molecule has 0 aliphatic heterocycles. The highest BCUT2D eigenvalue weighted by molar-refractivity contribution is 9.10. The Hall–Kier alpha value is -1.81. The van der Waals surface area contributed by atoms with Gasteiger partial charge in [0, 0.05) is 15.7 Å². The molecule has 0 unspecified atom stereocenters. The van der Waals surface area contributed by atoms with Crippen LogP contribution in [0.2, 0.25) is 0 Å². The van der Waals surface area contributed by atoms with Gasteiger partial charge in [-0.25, -0.2) is 0 Å². The Morgan fingerprint density at radius 1 is 1.13 bits per heavy atom. The van der Waals surface area contributed by atoms with Gasteiger partial charge >= 0.3 is 0 Å². The van der Waals surface area contributed by atoms with E-state index < -0.39 is 0 Å². The summed E-state index contributed by atoms with van der Waals surface area (Å²) in [4.78, 5) is 12.3. The van der Waals surface area contributed by atoms with Crippen molar-refractivity contribution in [3.63, 3.8) is 0 Å². The third kappa shape index (κ3) is 5.39. The van der Waals surface area contributed by atoms with Crippen LogP contribution in [0.25, 0.3) is 0 Å². The lowest BCUT2D eigenvalue weighted by Gasteiger charge is -2.09. The van der Waals surface area contributed by atoms with E-state index in [0.29, 0.717) is 5.56 Å². The molecule has 1 N–H and O–H groups in total. The molecular weight excluding hydrogens is 354 g/mol. The maximum Gasteiger partial charge on any atom is 0.255 e. The largest absolute Gasteiger partial charge is 0.494 e. The maximum atomic E-state index is 12.3. The van der Waals surface area contributed by atoms with Crippen LogP contribution >= 0.6 is 15.9 Å². The van der Waals surface area contributed by atoms with Crippen LogP contribution in [0, 0.1) is 6.92 Å². The standard InChI is InChI=1S/C19H22BrNO2/c1-3-4-5-12-23-17-9-6-15(7-10-17)19(22)21-16-8-11-18(20)14(2)13-16/h6-11,13H,3-5,12H2,1-2H3,(H,21,22). The summed E-state index contributed by atoms with van der Waals surface area (Å²) in [6, 6.07) is 13.0. The highest BCUT2D eigenvalue weighted by Gasteiger charge is 2.07. The van der Waals surface area contributed by atoms with E-state index in [0.717, 1.165) is 34.5 Å². The maximum absolute atomic E-state index is 12.3. The molecule has 23 heavy (non-hydrogen) atoms. The van der Waals surface area contributed by atoms with Gasteiger partial charge in [-0.15, -0.1) is 0 Å². The monoisotopic (exact) mass is 375 g/mol. The molecule has 0 radical (unpaired) electrons. The second-order valence-electron chi connectivity index (χ2n) is 5.50. The lowest BCUT2D eigenvalue weighted by molar-refractivity contribution is 0.102. The lowest BCUT2D eigenvalue weighted by atomic mass is 10.2. The average Bonchev–Trinajstić information content (AvgIpc) is 2.55. The van der Waals surface area contributed by atoms with Crippen LogP contribution in [-0.4, -0.2) is 12.5 Å². The molecular formula is C19H22BrNO2. The first-order chi connectivity index (χ1) is 11.1. The SMILES string of the molecule is CCCCCOc1ccc(C(=O)Nc2ccc(Br)c(C)c2)cc1. The molecule has 0 aliphatic rings. The van der Waals surface area contributed by atoms with Crippen molar-refractivity contribution >= 4 is 27.5 Å². The Morgan fingerprint density at radius 3 is 2.52 bits per heavy atom. The lowest BCUT2D eigenvalue weighted by Crippen LogP contribution is -2.11. The van der Waals surface area contributed by atoms with Crippen LogP contribution in [0.5, 0.6) is 5.75 Å². The number of amides is 1. The number of unbranched alkanes of at least 4 members (excludes halogenated alkanes) is 2. The zero-order valence-corrected chi connectivity index (χ0v) is 15.2. The molecule has 0 heterocycles. The second-order valence-corrected chi connectivity index (χ2v) is 6.35. The average molecular weight is 376 g/mol. The van der Waals surface area contributed by atoms with Crippen molar-refractivity contribution in [2.24, 2.45) is 0 Å². The van der Waals surface area contributed by atoms with E-state index >= 15 is 0 Å². The summed E-state index contributed by atoms with van der Waals surface area (Å²) in [6.07, 6.45) is 3.41. The normalized spacial score (nSPS) is 10.4. The number of nitrogens with one attached hydrogen (secondary N) is 1. The number of benzene rings is 2. The van der Waals surface area contributed by atoms with Gasteiger partial charge in [-0.3, -0.25) is 4.79 Å². The molecule has 4 heteroatoms. The molecule has 0 bridgehead atoms. The highest BCUT2D eigenvalue weighted by Crippen LogP contribution is 2.21. The molecule has 1 amide bonds. The molecule has 0 aromatic heterocycles. The first kappa shape index (κ1) is 17.5. The fourth-order valence-corrected chi connectivity index (χ4v) is 2.42. The Labute approximate surface area is 146 Å². The Bertz CT molecular complexity index is 653. The number of hydrogen-bond acceptors (Lipinski definition) is 2. The van der Waals surface area contributed by atoms with Gasteiger partial charge in [-0.2, -0.15) is 0 Å². The van der Waals surface area contributed by atoms with Gasteiger partial charge in [-0.05, 0) is 61.4 Å². The van der Waals surface area contributed by atoms with Crippen molar-refractivity contribution in [1.82, 2.24) is 0 Å². The first-order valence-corrected chi connectivity index (χ1v) is 8.70. The van der Waals surface area contributed by atoms with Crippen molar-refractivity contribution in [2.45, 2.75) is 33.1 Å². The van der Waals surface area contributed by atoms with E-state index in [1.165, 1.54) is 12.8 Å². The minimum atomic E-state index is -0.121. The fraction of sp³-hybridized carbons (Fsp3) is 0.316. The molecule has 2 aromatic carbocycles. The summed E-state index contributed by atoms with van der Waals surface area (Å²) in [5.74, 6) is 0.682. The van der Waals surface area contributed by atoms with Crippen molar-refractivity contribution in [3.05, 3.63) is 58.1 Å². The third-order valence-electron chi connectivity index (χ3n) is 3.55. The molecule has 122 valence electrons. The predicted octanol–water partition coefficient (Wildman–Crippen LogP) is 5.58. The Balaban J connectivity index is 1.93. The highest BCUT2D eigenvalue weighted by atomic mass is 79.9. The fourth-order valence-electron chi connectivity index (χ4n) is 2.17. The first-order valence-electron chi connectivity index (χ1n) is 7.90.